The van der Waals surface area contributed by atoms with Crippen molar-refractivity contribution in [3.05, 3.63) is 30.1 Å². The van der Waals surface area contributed by atoms with Crippen LogP contribution in [0, 0.1) is 6.92 Å². The number of H-pyrrole nitrogens is 1. The predicted octanol–water partition coefficient (Wildman–Crippen LogP) is 1.87. The zero-order valence-electron chi connectivity index (χ0n) is 6.46. The molecule has 0 aliphatic heterocycles. The first-order valence-electron chi connectivity index (χ1n) is 3.27. The zero-order chi connectivity index (χ0) is 6.97. The van der Waals surface area contributed by atoms with Crippen molar-refractivity contribution in [3.63, 3.8) is 0 Å². The van der Waals surface area contributed by atoms with E-state index in [4.69, 9.17) is 0 Å². The van der Waals surface area contributed by atoms with Gasteiger partial charge in [-0.2, -0.15) is 0 Å². The molecule has 52 valence electrons. The molecule has 1 N–H and O–H groups in total. The Hall–Kier alpha value is -0.687. The maximum Gasteiger partial charge on any atom is 0.104 e. The molecule has 3 heteroatoms. The van der Waals surface area contributed by atoms with Crippen molar-refractivity contribution in [1.29, 1.82) is 0 Å². The summed E-state index contributed by atoms with van der Waals surface area (Å²) in [7, 11) is 0. The molecule has 0 fully saturated rings. The summed E-state index contributed by atoms with van der Waals surface area (Å²) in [4.78, 5) is 7.40. The molecule has 0 aliphatic rings. The molecule has 0 amide bonds. The number of fused-ring (bicyclic) bond motifs is 1. The van der Waals surface area contributed by atoms with Crippen molar-refractivity contribution in [2.24, 2.45) is 0 Å². The van der Waals surface area contributed by atoms with Crippen LogP contribution in [-0.4, -0.2) is 9.97 Å². The van der Waals surface area contributed by atoms with Crippen LogP contribution < -0.4 is 0 Å². The molecule has 0 unspecified atom stereocenters. The summed E-state index contributed by atoms with van der Waals surface area (Å²) in [5.41, 5.74) is 2.15. The van der Waals surface area contributed by atoms with Gasteiger partial charge in [-0.3, -0.25) is 0 Å². The summed E-state index contributed by atoms with van der Waals surface area (Å²) < 4.78 is 0. The molecular formula is C8H8N2Zn. The second kappa shape index (κ2) is 3.14. The minimum Gasteiger partial charge on any atom is -0.342 e. The van der Waals surface area contributed by atoms with Gasteiger partial charge in [0.25, 0.3) is 0 Å². The number of hydrogen-bond acceptors (Lipinski definition) is 1. The molecule has 0 saturated heterocycles. The fourth-order valence-corrected chi connectivity index (χ4v) is 1.08. The molecule has 0 aliphatic carbocycles. The number of aromatic amines is 1. The van der Waals surface area contributed by atoms with Crippen molar-refractivity contribution in [1.82, 2.24) is 9.97 Å². The summed E-state index contributed by atoms with van der Waals surface area (Å²) >= 11 is 0. The first-order valence-corrected chi connectivity index (χ1v) is 3.27. The molecule has 0 atom stereocenters. The monoisotopic (exact) mass is 196 g/mol. The van der Waals surface area contributed by atoms with Gasteiger partial charge in [0.05, 0.1) is 11.0 Å². The summed E-state index contributed by atoms with van der Waals surface area (Å²) in [6.45, 7) is 1.96. The Morgan fingerprint density at radius 3 is 2.73 bits per heavy atom. The van der Waals surface area contributed by atoms with E-state index in [2.05, 4.69) is 9.97 Å². The van der Waals surface area contributed by atoms with Crippen LogP contribution in [-0.2, 0) is 19.5 Å². The summed E-state index contributed by atoms with van der Waals surface area (Å²) in [5.74, 6) is 0.973. The average molecular weight is 198 g/mol. The Morgan fingerprint density at radius 1 is 1.27 bits per heavy atom. The van der Waals surface area contributed by atoms with Gasteiger partial charge in [0, 0.05) is 19.5 Å². The maximum absolute atomic E-state index is 4.26. The Morgan fingerprint density at radius 2 is 2.00 bits per heavy atom. The molecule has 0 radical (unpaired) electrons. The van der Waals surface area contributed by atoms with Gasteiger partial charge in [-0.1, -0.05) is 12.1 Å². The summed E-state index contributed by atoms with van der Waals surface area (Å²) in [6.07, 6.45) is 0. The molecule has 2 aromatic rings. The average Bonchev–Trinajstić information content (AvgIpc) is 2.27. The van der Waals surface area contributed by atoms with Gasteiger partial charge >= 0.3 is 0 Å². The second-order valence-corrected chi connectivity index (χ2v) is 2.34. The van der Waals surface area contributed by atoms with Crippen LogP contribution >= 0.6 is 0 Å². The Balaban J connectivity index is 0.000000605. The Kier molecular flexibility index (Phi) is 2.40. The fraction of sp³-hybridized carbons (Fsp3) is 0.125. The molecule has 2 nitrogen and oxygen atoms in total. The molecule has 0 bridgehead atoms. The van der Waals surface area contributed by atoms with Gasteiger partial charge in [-0.05, 0) is 19.1 Å². The van der Waals surface area contributed by atoms with Crippen LogP contribution in [0.4, 0.5) is 0 Å². The van der Waals surface area contributed by atoms with E-state index in [9.17, 15) is 0 Å². The summed E-state index contributed by atoms with van der Waals surface area (Å²) in [6, 6.07) is 8.01. The van der Waals surface area contributed by atoms with Crippen LogP contribution in [0.15, 0.2) is 24.3 Å². The van der Waals surface area contributed by atoms with Crippen LogP contribution in [0.1, 0.15) is 5.82 Å². The first-order chi connectivity index (χ1) is 4.86. The van der Waals surface area contributed by atoms with E-state index in [1.165, 1.54) is 0 Å². The fourth-order valence-electron chi connectivity index (χ4n) is 1.08. The number of nitrogens with one attached hydrogen (secondary N) is 1. The van der Waals surface area contributed by atoms with Crippen molar-refractivity contribution >= 4 is 11.0 Å². The first kappa shape index (κ1) is 8.41. The predicted molar refractivity (Wildman–Crippen MR) is 40.8 cm³/mol. The third kappa shape index (κ3) is 1.49. The third-order valence-electron chi connectivity index (χ3n) is 1.51. The molecule has 1 aromatic carbocycles. The molecule has 1 aromatic heterocycles. The van der Waals surface area contributed by atoms with Crippen molar-refractivity contribution in [3.8, 4) is 0 Å². The SMILES string of the molecule is Cc1nc2ccccc2[nH]1.[Zn]. The summed E-state index contributed by atoms with van der Waals surface area (Å²) in [5, 5.41) is 0. The van der Waals surface area contributed by atoms with Crippen LogP contribution in [0.5, 0.6) is 0 Å². The number of imidazole rings is 1. The Labute approximate surface area is 77.8 Å². The van der Waals surface area contributed by atoms with E-state index in [1.807, 2.05) is 31.2 Å². The molecule has 1 heterocycles. The second-order valence-electron chi connectivity index (χ2n) is 2.34. The smallest absolute Gasteiger partial charge is 0.104 e. The van der Waals surface area contributed by atoms with Crippen LogP contribution in [0.2, 0.25) is 0 Å². The standard InChI is InChI=1S/C8H8N2.Zn/c1-6-9-7-4-2-3-5-8(7)10-6;/h2-5H,1H3,(H,9,10);. The van der Waals surface area contributed by atoms with Crippen molar-refractivity contribution < 1.29 is 19.5 Å². The van der Waals surface area contributed by atoms with Gasteiger partial charge in [-0.25, -0.2) is 4.98 Å². The minimum atomic E-state index is 0. The number of para-hydroxylation sites is 2. The number of rotatable bonds is 0. The minimum absolute atomic E-state index is 0. The molecule has 2 rings (SSSR count). The van der Waals surface area contributed by atoms with Gasteiger partial charge in [0.1, 0.15) is 5.82 Å². The van der Waals surface area contributed by atoms with Crippen LogP contribution in [0.25, 0.3) is 11.0 Å². The number of hydrogen-bond donors (Lipinski definition) is 1. The quantitative estimate of drug-likeness (QED) is 0.642. The molecule has 11 heavy (non-hydrogen) atoms. The van der Waals surface area contributed by atoms with E-state index in [0.717, 1.165) is 16.9 Å². The maximum atomic E-state index is 4.26. The molecule has 0 spiro atoms. The number of nitrogens with zero attached hydrogens (tertiary/aromatic N) is 1. The molecule has 0 saturated carbocycles. The molecular weight excluding hydrogens is 189 g/mol. The van der Waals surface area contributed by atoms with Crippen LogP contribution in [0.3, 0.4) is 0 Å². The normalized spacial score (nSPS) is 9.55. The Bertz CT molecular complexity index is 321. The van der Waals surface area contributed by atoms with E-state index >= 15 is 0 Å². The van der Waals surface area contributed by atoms with E-state index in [0.29, 0.717) is 0 Å². The van der Waals surface area contributed by atoms with Crippen molar-refractivity contribution in [2.45, 2.75) is 6.92 Å². The zero-order valence-corrected chi connectivity index (χ0v) is 9.43. The van der Waals surface area contributed by atoms with Gasteiger partial charge in [0.15, 0.2) is 0 Å². The largest absolute Gasteiger partial charge is 0.342 e. The van der Waals surface area contributed by atoms with E-state index < -0.39 is 0 Å². The van der Waals surface area contributed by atoms with Gasteiger partial charge in [-0.15, -0.1) is 0 Å². The number of benzene rings is 1. The number of aromatic nitrogens is 2. The topological polar surface area (TPSA) is 28.7 Å². The number of aryl methyl sites for hydroxylation is 1. The third-order valence-corrected chi connectivity index (χ3v) is 1.51. The van der Waals surface area contributed by atoms with Crippen molar-refractivity contribution in [2.75, 3.05) is 0 Å². The van der Waals surface area contributed by atoms with E-state index in [1.54, 1.807) is 0 Å². The van der Waals surface area contributed by atoms with Gasteiger partial charge in [0.2, 0.25) is 0 Å². The van der Waals surface area contributed by atoms with E-state index in [-0.39, 0.29) is 19.5 Å². The van der Waals surface area contributed by atoms with Gasteiger partial charge < -0.3 is 4.98 Å².